The second-order valence-electron chi connectivity index (χ2n) is 7.79. The first-order valence-corrected chi connectivity index (χ1v) is 10.9. The molecule has 0 aliphatic carbocycles. The molecule has 0 amide bonds. The van der Waals surface area contributed by atoms with Crippen molar-refractivity contribution >= 4 is 9.84 Å². The van der Waals surface area contributed by atoms with Gasteiger partial charge in [0.25, 0.3) is 0 Å². The summed E-state index contributed by atoms with van der Waals surface area (Å²) in [6, 6.07) is 4.42. The molecule has 0 heterocycles. The molecule has 0 saturated carbocycles. The smallest absolute Gasteiger partial charge is 0.228 e. The summed E-state index contributed by atoms with van der Waals surface area (Å²) in [5.74, 6) is 0.218. The highest BCUT2D eigenvalue weighted by Crippen LogP contribution is 2.33. The number of rotatable bonds is 9. The van der Waals surface area contributed by atoms with Crippen LogP contribution in [0.5, 0.6) is 0 Å². The van der Waals surface area contributed by atoms with E-state index in [1.54, 1.807) is 39.8 Å². The van der Waals surface area contributed by atoms with E-state index >= 15 is 0 Å². The summed E-state index contributed by atoms with van der Waals surface area (Å²) in [6.07, 6.45) is 1.16. The van der Waals surface area contributed by atoms with Crippen molar-refractivity contribution in [1.82, 2.24) is 0 Å². The minimum absolute atomic E-state index is 0.218. The molecule has 0 atom stereocenters. The van der Waals surface area contributed by atoms with E-state index < -0.39 is 26.3 Å². The lowest BCUT2D eigenvalue weighted by atomic mass is 9.98. The fourth-order valence-electron chi connectivity index (χ4n) is 2.83. The van der Waals surface area contributed by atoms with Gasteiger partial charge in [-0.3, -0.25) is 0 Å². The molecule has 150 valence electrons. The van der Waals surface area contributed by atoms with Crippen LogP contribution in [-0.4, -0.2) is 18.9 Å². The van der Waals surface area contributed by atoms with Gasteiger partial charge in [-0.15, -0.1) is 0 Å². The Morgan fingerprint density at radius 1 is 0.923 bits per heavy atom. The van der Waals surface area contributed by atoms with E-state index in [1.165, 1.54) is 6.07 Å². The zero-order valence-corrected chi connectivity index (χ0v) is 17.1. The predicted molar refractivity (Wildman–Crippen MR) is 101 cm³/mol. The quantitative estimate of drug-likeness (QED) is 0.485. The van der Waals surface area contributed by atoms with Crippen molar-refractivity contribution in [3.63, 3.8) is 0 Å². The van der Waals surface area contributed by atoms with Crippen molar-refractivity contribution in [2.24, 2.45) is 0 Å². The van der Waals surface area contributed by atoms with Crippen molar-refractivity contribution < 1.29 is 21.6 Å². The molecule has 0 unspecified atom stereocenters. The van der Waals surface area contributed by atoms with Crippen LogP contribution in [0, 0.1) is 0 Å². The number of alkyl halides is 3. The number of hydrogen-bond donors (Lipinski definition) is 0. The monoisotopic (exact) mass is 392 g/mol. The van der Waals surface area contributed by atoms with Crippen molar-refractivity contribution in [3.05, 3.63) is 34.9 Å². The van der Waals surface area contributed by atoms with Crippen LogP contribution in [0.4, 0.5) is 13.2 Å². The Bertz CT molecular complexity index is 671. The zero-order valence-electron chi connectivity index (χ0n) is 16.2. The Labute approximate surface area is 156 Å². The Morgan fingerprint density at radius 2 is 1.50 bits per heavy atom. The molecule has 0 bridgehead atoms. The van der Waals surface area contributed by atoms with Crippen molar-refractivity contribution in [2.75, 3.05) is 5.75 Å². The molecule has 1 aromatic rings. The number of hydrogen-bond acceptors (Lipinski definition) is 2. The SMILES string of the molecule is CCc1cc(CCCCCCCS(=O)(=O)C(C)(C)C)ccc1C(F)(F)F. The fraction of sp³-hybridized carbons (Fsp3) is 0.700. The molecule has 1 aromatic carbocycles. The Morgan fingerprint density at radius 3 is 2.04 bits per heavy atom. The van der Waals surface area contributed by atoms with Gasteiger partial charge in [0.05, 0.1) is 16.1 Å². The molecule has 0 N–H and O–H groups in total. The molecule has 6 heteroatoms. The maximum atomic E-state index is 12.9. The van der Waals surface area contributed by atoms with Gasteiger partial charge in [0.1, 0.15) is 0 Å². The summed E-state index contributed by atoms with van der Waals surface area (Å²) in [5.41, 5.74) is 0.747. The number of aryl methyl sites for hydroxylation is 2. The average molecular weight is 393 g/mol. The molecule has 0 aliphatic rings. The summed E-state index contributed by atoms with van der Waals surface area (Å²) >= 11 is 0. The molecule has 0 fully saturated rings. The first-order chi connectivity index (χ1) is 11.9. The minimum atomic E-state index is -4.29. The van der Waals surface area contributed by atoms with Gasteiger partial charge in [-0.1, -0.05) is 38.3 Å². The van der Waals surface area contributed by atoms with Crippen LogP contribution in [0.3, 0.4) is 0 Å². The normalized spacial score (nSPS) is 13.2. The van der Waals surface area contributed by atoms with Gasteiger partial charge in [-0.25, -0.2) is 8.42 Å². The fourth-order valence-corrected chi connectivity index (χ4v) is 4.03. The standard InChI is InChI=1S/C20H31F3O2S/c1-5-17-15-16(12-13-18(17)20(21,22)23)11-9-7-6-8-10-14-26(24,25)19(2,3)4/h12-13,15H,5-11,14H2,1-4H3. The Kier molecular flexibility index (Phi) is 8.18. The minimum Gasteiger partial charge on any atom is -0.228 e. The molecule has 26 heavy (non-hydrogen) atoms. The highest BCUT2D eigenvalue weighted by atomic mass is 32.2. The number of unbranched alkanes of at least 4 members (excludes halogenated alkanes) is 4. The largest absolute Gasteiger partial charge is 0.416 e. The number of sulfone groups is 1. The highest BCUT2D eigenvalue weighted by Gasteiger charge is 2.32. The van der Waals surface area contributed by atoms with Crippen LogP contribution in [0.15, 0.2) is 18.2 Å². The average Bonchev–Trinajstić information content (AvgIpc) is 2.51. The molecule has 0 aromatic heterocycles. The molecule has 1 rings (SSSR count). The third-order valence-corrected chi connectivity index (χ3v) is 7.36. The second-order valence-corrected chi connectivity index (χ2v) is 10.7. The maximum absolute atomic E-state index is 12.9. The van der Waals surface area contributed by atoms with Crippen LogP contribution in [0.25, 0.3) is 0 Å². The molecule has 2 nitrogen and oxygen atoms in total. The van der Waals surface area contributed by atoms with Gasteiger partial charge in [-0.2, -0.15) is 13.2 Å². The lowest BCUT2D eigenvalue weighted by molar-refractivity contribution is -0.138. The van der Waals surface area contributed by atoms with Crippen LogP contribution in [-0.2, 0) is 28.9 Å². The Balaban J connectivity index is 2.37. The molecule has 0 aliphatic heterocycles. The van der Waals surface area contributed by atoms with Crippen molar-refractivity contribution in [3.8, 4) is 0 Å². The van der Waals surface area contributed by atoms with E-state index in [0.717, 1.165) is 37.7 Å². The van der Waals surface area contributed by atoms with Crippen LogP contribution in [0.1, 0.15) is 76.5 Å². The molecule has 0 spiro atoms. The molecular weight excluding hydrogens is 361 g/mol. The summed E-state index contributed by atoms with van der Waals surface area (Å²) in [4.78, 5) is 0. The van der Waals surface area contributed by atoms with Gasteiger partial charge < -0.3 is 0 Å². The van der Waals surface area contributed by atoms with E-state index in [1.807, 2.05) is 0 Å². The van der Waals surface area contributed by atoms with E-state index in [-0.39, 0.29) is 5.75 Å². The summed E-state index contributed by atoms with van der Waals surface area (Å²) in [7, 11) is -3.05. The van der Waals surface area contributed by atoms with Gasteiger partial charge in [0.2, 0.25) is 0 Å². The Hall–Kier alpha value is -1.04. The lowest BCUT2D eigenvalue weighted by Gasteiger charge is -2.18. The van der Waals surface area contributed by atoms with E-state index in [4.69, 9.17) is 0 Å². The maximum Gasteiger partial charge on any atom is 0.416 e. The van der Waals surface area contributed by atoms with Gasteiger partial charge in [-0.05, 0) is 63.6 Å². The van der Waals surface area contributed by atoms with Gasteiger partial charge in [0.15, 0.2) is 9.84 Å². The summed E-state index contributed by atoms with van der Waals surface area (Å²) in [5, 5.41) is 0. The van der Waals surface area contributed by atoms with Crippen LogP contribution < -0.4 is 0 Å². The topological polar surface area (TPSA) is 34.1 Å². The third kappa shape index (κ3) is 6.93. The lowest BCUT2D eigenvalue weighted by Crippen LogP contribution is -2.30. The van der Waals surface area contributed by atoms with Crippen LogP contribution >= 0.6 is 0 Å². The first-order valence-electron chi connectivity index (χ1n) is 9.30. The van der Waals surface area contributed by atoms with Crippen molar-refractivity contribution in [2.45, 2.75) is 83.6 Å². The van der Waals surface area contributed by atoms with E-state index in [0.29, 0.717) is 18.4 Å². The first kappa shape index (κ1) is 23.0. The molecule has 0 radical (unpaired) electrons. The van der Waals surface area contributed by atoms with Crippen molar-refractivity contribution in [1.29, 1.82) is 0 Å². The van der Waals surface area contributed by atoms with E-state index in [2.05, 4.69) is 0 Å². The third-order valence-electron chi connectivity index (χ3n) is 4.67. The zero-order chi connectivity index (χ0) is 20.0. The summed E-state index contributed by atoms with van der Waals surface area (Å²) in [6.45, 7) is 6.89. The van der Waals surface area contributed by atoms with Gasteiger partial charge in [0, 0.05) is 0 Å². The second kappa shape index (κ2) is 9.25. The van der Waals surface area contributed by atoms with Gasteiger partial charge >= 0.3 is 6.18 Å². The molecular formula is C20H31F3O2S. The number of halogens is 3. The number of benzene rings is 1. The van der Waals surface area contributed by atoms with E-state index in [9.17, 15) is 21.6 Å². The highest BCUT2D eigenvalue weighted by molar-refractivity contribution is 7.92. The van der Waals surface area contributed by atoms with Crippen LogP contribution in [0.2, 0.25) is 0 Å². The predicted octanol–water partition coefficient (Wildman–Crippen LogP) is 5.97. The molecule has 0 saturated heterocycles. The summed E-state index contributed by atoms with van der Waals surface area (Å²) < 4.78 is 62.0.